The quantitative estimate of drug-likeness (QED) is 0.575. The Hall–Kier alpha value is -2.98. The van der Waals surface area contributed by atoms with Gasteiger partial charge in [0.15, 0.2) is 0 Å². The van der Waals surface area contributed by atoms with Crippen molar-refractivity contribution in [1.82, 2.24) is 0 Å². The second-order valence-electron chi connectivity index (χ2n) is 6.07. The molecule has 0 aromatic heterocycles. The molecular weight excluding hydrogens is 338 g/mol. The number of hydrogen-bond acceptors (Lipinski definition) is 4. The lowest BCUT2D eigenvalue weighted by Gasteiger charge is -2.14. The first-order valence-corrected chi connectivity index (χ1v) is 9.09. The minimum absolute atomic E-state index is 0.438. The molecule has 0 heterocycles. The van der Waals surface area contributed by atoms with Crippen LogP contribution < -0.4 is 19.9 Å². The summed E-state index contributed by atoms with van der Waals surface area (Å²) in [5, 5.41) is 0. The summed E-state index contributed by atoms with van der Waals surface area (Å²) in [5.41, 5.74) is 8.97. The van der Waals surface area contributed by atoms with Gasteiger partial charge in [0.2, 0.25) is 0 Å². The molecule has 0 aliphatic rings. The lowest BCUT2D eigenvalue weighted by Crippen LogP contribution is -2.11. The third kappa shape index (κ3) is 5.02. The first-order valence-electron chi connectivity index (χ1n) is 9.09. The van der Waals surface area contributed by atoms with Crippen molar-refractivity contribution < 1.29 is 14.2 Å². The van der Waals surface area contributed by atoms with Crippen molar-refractivity contribution >= 4 is 0 Å². The predicted octanol–water partition coefficient (Wildman–Crippen LogP) is 4.32. The number of methoxy groups -OCH3 is 1. The zero-order chi connectivity index (χ0) is 18.9. The molecule has 0 radical (unpaired) electrons. The molecule has 0 bridgehead atoms. The molecule has 0 atom stereocenters. The summed E-state index contributed by atoms with van der Waals surface area (Å²) in [4.78, 5) is 0. The summed E-state index contributed by atoms with van der Waals surface area (Å²) in [6.45, 7) is 1.46. The van der Waals surface area contributed by atoms with Crippen molar-refractivity contribution in [2.24, 2.45) is 5.73 Å². The summed E-state index contributed by atoms with van der Waals surface area (Å²) < 4.78 is 17.2. The van der Waals surface area contributed by atoms with E-state index in [9.17, 15) is 0 Å². The maximum atomic E-state index is 5.99. The number of nitrogens with two attached hydrogens (primary N) is 1. The fourth-order valence-corrected chi connectivity index (χ4v) is 2.91. The van der Waals surface area contributed by atoms with E-state index in [4.69, 9.17) is 19.9 Å². The number of benzene rings is 3. The van der Waals surface area contributed by atoms with E-state index in [1.807, 2.05) is 54.6 Å². The minimum Gasteiger partial charge on any atom is -0.497 e. The molecule has 27 heavy (non-hydrogen) atoms. The van der Waals surface area contributed by atoms with Crippen LogP contribution >= 0.6 is 0 Å². The van der Waals surface area contributed by atoms with Crippen molar-refractivity contribution in [1.29, 1.82) is 0 Å². The molecule has 0 saturated carbocycles. The van der Waals surface area contributed by atoms with Crippen LogP contribution in [0.5, 0.6) is 17.2 Å². The van der Waals surface area contributed by atoms with E-state index in [0.29, 0.717) is 19.8 Å². The van der Waals surface area contributed by atoms with Gasteiger partial charge in [-0.3, -0.25) is 0 Å². The van der Waals surface area contributed by atoms with Gasteiger partial charge >= 0.3 is 0 Å². The highest BCUT2D eigenvalue weighted by atomic mass is 16.5. The van der Waals surface area contributed by atoms with Gasteiger partial charge in [-0.05, 0) is 36.2 Å². The van der Waals surface area contributed by atoms with E-state index < -0.39 is 0 Å². The van der Waals surface area contributed by atoms with Crippen LogP contribution in [0.1, 0.15) is 5.56 Å². The molecule has 3 aromatic carbocycles. The Morgan fingerprint density at radius 2 is 1.48 bits per heavy atom. The van der Waals surface area contributed by atoms with Crippen LogP contribution in [0.3, 0.4) is 0 Å². The molecular formula is C23H25NO3. The van der Waals surface area contributed by atoms with Gasteiger partial charge in [-0.15, -0.1) is 0 Å². The van der Waals surface area contributed by atoms with E-state index in [-0.39, 0.29) is 0 Å². The zero-order valence-electron chi connectivity index (χ0n) is 15.6. The molecule has 4 heteroatoms. The molecule has 2 N–H and O–H groups in total. The minimum atomic E-state index is 0.438. The fraction of sp³-hybridized carbons (Fsp3) is 0.217. The van der Waals surface area contributed by atoms with Crippen LogP contribution in [0.4, 0.5) is 0 Å². The van der Waals surface area contributed by atoms with Crippen LogP contribution in [0.15, 0.2) is 72.8 Å². The Labute approximate surface area is 160 Å². The Kier molecular flexibility index (Phi) is 6.72. The third-order valence-corrected chi connectivity index (χ3v) is 4.26. The summed E-state index contributed by atoms with van der Waals surface area (Å²) in [7, 11) is 1.64. The van der Waals surface area contributed by atoms with Crippen molar-refractivity contribution in [3.63, 3.8) is 0 Å². The van der Waals surface area contributed by atoms with Crippen molar-refractivity contribution in [3.8, 4) is 28.4 Å². The van der Waals surface area contributed by atoms with Gasteiger partial charge in [-0.1, -0.05) is 54.6 Å². The van der Waals surface area contributed by atoms with E-state index >= 15 is 0 Å². The van der Waals surface area contributed by atoms with Crippen LogP contribution in [-0.2, 0) is 6.42 Å². The monoisotopic (exact) mass is 363 g/mol. The van der Waals surface area contributed by atoms with Gasteiger partial charge in [-0.25, -0.2) is 0 Å². The average molecular weight is 363 g/mol. The Balaban J connectivity index is 1.63. The maximum absolute atomic E-state index is 5.99. The summed E-state index contributed by atoms with van der Waals surface area (Å²) >= 11 is 0. The van der Waals surface area contributed by atoms with Gasteiger partial charge in [0.05, 0.1) is 7.11 Å². The molecule has 0 fully saturated rings. The topological polar surface area (TPSA) is 53.7 Å². The lowest BCUT2D eigenvalue weighted by atomic mass is 10.1. The summed E-state index contributed by atoms with van der Waals surface area (Å²) in [6.07, 6.45) is 0.761. The lowest BCUT2D eigenvalue weighted by molar-refractivity contribution is 0.216. The Bertz CT molecular complexity index is 849. The van der Waals surface area contributed by atoms with Crippen molar-refractivity contribution in [3.05, 3.63) is 78.4 Å². The second kappa shape index (κ2) is 9.64. The molecule has 0 aliphatic heterocycles. The Morgan fingerprint density at radius 3 is 2.22 bits per heavy atom. The van der Waals surface area contributed by atoms with Crippen LogP contribution in [0.25, 0.3) is 11.1 Å². The number of ether oxygens (including phenoxy) is 3. The van der Waals surface area contributed by atoms with Crippen LogP contribution in [-0.4, -0.2) is 26.9 Å². The number of rotatable bonds is 9. The predicted molar refractivity (Wildman–Crippen MR) is 109 cm³/mol. The molecule has 0 amide bonds. The fourth-order valence-electron chi connectivity index (χ4n) is 2.91. The van der Waals surface area contributed by atoms with Gasteiger partial charge in [0.1, 0.15) is 30.5 Å². The van der Waals surface area contributed by atoms with E-state index in [1.165, 1.54) is 0 Å². The maximum Gasteiger partial charge on any atom is 0.127 e. The molecule has 0 unspecified atom stereocenters. The highest BCUT2D eigenvalue weighted by molar-refractivity contribution is 5.70. The van der Waals surface area contributed by atoms with Gasteiger partial charge in [0.25, 0.3) is 0 Å². The molecule has 3 aromatic rings. The highest BCUT2D eigenvalue weighted by Gasteiger charge is 2.08. The normalized spacial score (nSPS) is 10.4. The first kappa shape index (κ1) is 18.8. The Morgan fingerprint density at radius 1 is 0.778 bits per heavy atom. The SMILES string of the molecule is COc1ccc(CCN)c(OCCOc2ccccc2-c2ccccc2)c1. The van der Waals surface area contributed by atoms with E-state index in [0.717, 1.165) is 40.4 Å². The second-order valence-corrected chi connectivity index (χ2v) is 6.07. The number of hydrogen-bond donors (Lipinski definition) is 1. The average Bonchev–Trinajstić information content (AvgIpc) is 2.73. The van der Waals surface area contributed by atoms with Gasteiger partial charge < -0.3 is 19.9 Å². The van der Waals surface area contributed by atoms with E-state index in [2.05, 4.69) is 18.2 Å². The molecule has 0 spiro atoms. The first-order chi connectivity index (χ1) is 13.3. The summed E-state index contributed by atoms with van der Waals surface area (Å²) in [6, 6.07) is 24.1. The zero-order valence-corrected chi connectivity index (χ0v) is 15.6. The molecule has 0 saturated heterocycles. The largest absolute Gasteiger partial charge is 0.497 e. The van der Waals surface area contributed by atoms with E-state index in [1.54, 1.807) is 7.11 Å². The van der Waals surface area contributed by atoms with Crippen LogP contribution in [0.2, 0.25) is 0 Å². The highest BCUT2D eigenvalue weighted by Crippen LogP contribution is 2.29. The molecule has 3 rings (SSSR count). The summed E-state index contributed by atoms with van der Waals surface area (Å²) in [5.74, 6) is 2.40. The van der Waals surface area contributed by atoms with Crippen LogP contribution in [0, 0.1) is 0 Å². The van der Waals surface area contributed by atoms with Gasteiger partial charge in [-0.2, -0.15) is 0 Å². The standard InChI is InChI=1S/C23H25NO3/c1-25-20-12-11-19(13-14-24)23(17-20)27-16-15-26-22-10-6-5-9-21(22)18-7-3-2-4-8-18/h2-12,17H,13-16,24H2,1H3. The number of para-hydroxylation sites is 1. The smallest absolute Gasteiger partial charge is 0.127 e. The molecule has 0 aliphatic carbocycles. The van der Waals surface area contributed by atoms with Crippen molar-refractivity contribution in [2.45, 2.75) is 6.42 Å². The molecule has 4 nitrogen and oxygen atoms in total. The third-order valence-electron chi connectivity index (χ3n) is 4.26. The van der Waals surface area contributed by atoms with Crippen molar-refractivity contribution in [2.75, 3.05) is 26.9 Å². The molecule has 140 valence electrons. The van der Waals surface area contributed by atoms with Gasteiger partial charge in [0, 0.05) is 11.6 Å².